The third kappa shape index (κ3) is 4.22. The maximum atomic E-state index is 12.6. The molecule has 0 aromatic carbocycles. The lowest BCUT2D eigenvalue weighted by Crippen LogP contribution is -2.33. The average molecular weight is 322 g/mol. The molecular formula is C13H24ClN3O2S. The molecule has 0 aliphatic rings. The first-order valence-corrected chi connectivity index (χ1v) is 8.66. The predicted octanol–water partition coefficient (Wildman–Crippen LogP) is 1.73. The number of aryl methyl sites for hydroxylation is 1. The maximum Gasteiger partial charge on any atom is 0.244 e. The van der Waals surface area contributed by atoms with E-state index < -0.39 is 10.0 Å². The van der Waals surface area contributed by atoms with Gasteiger partial charge in [0, 0.05) is 32.0 Å². The standard InChI is InChI=1S/C13H24ClN3O2S/c1-5-17(8-6-7-15(2)3)20(18,19)13-9-12(10-14)16(4)11-13/h9,11H,5-8,10H2,1-4H3. The van der Waals surface area contributed by atoms with Crippen LogP contribution in [0.2, 0.25) is 0 Å². The van der Waals surface area contributed by atoms with Crippen LogP contribution in [0.15, 0.2) is 17.2 Å². The summed E-state index contributed by atoms with van der Waals surface area (Å²) in [6.07, 6.45) is 2.44. The van der Waals surface area contributed by atoms with Gasteiger partial charge in [-0.05, 0) is 33.1 Å². The van der Waals surface area contributed by atoms with Gasteiger partial charge in [-0.2, -0.15) is 4.31 Å². The number of rotatable bonds is 8. The van der Waals surface area contributed by atoms with Crippen LogP contribution in [0, 0.1) is 0 Å². The Morgan fingerprint density at radius 2 is 1.95 bits per heavy atom. The highest BCUT2D eigenvalue weighted by Gasteiger charge is 2.24. The van der Waals surface area contributed by atoms with Gasteiger partial charge in [0.1, 0.15) is 4.90 Å². The van der Waals surface area contributed by atoms with E-state index >= 15 is 0 Å². The second kappa shape index (κ2) is 7.45. The highest BCUT2D eigenvalue weighted by Crippen LogP contribution is 2.19. The fourth-order valence-electron chi connectivity index (χ4n) is 2.01. The van der Waals surface area contributed by atoms with Gasteiger partial charge in [-0.1, -0.05) is 6.92 Å². The van der Waals surface area contributed by atoms with Crippen molar-refractivity contribution in [3.8, 4) is 0 Å². The van der Waals surface area contributed by atoms with Crippen LogP contribution in [-0.4, -0.2) is 55.9 Å². The van der Waals surface area contributed by atoms with E-state index in [1.54, 1.807) is 23.9 Å². The molecule has 0 bridgehead atoms. The summed E-state index contributed by atoms with van der Waals surface area (Å²) in [5.41, 5.74) is 0.801. The van der Waals surface area contributed by atoms with Gasteiger partial charge in [0.15, 0.2) is 0 Å². The second-order valence-corrected chi connectivity index (χ2v) is 7.27. The molecule has 1 rings (SSSR count). The van der Waals surface area contributed by atoms with Crippen molar-refractivity contribution in [2.75, 3.05) is 33.7 Å². The van der Waals surface area contributed by atoms with E-state index in [9.17, 15) is 8.42 Å². The molecule has 0 saturated heterocycles. The third-order valence-corrected chi connectivity index (χ3v) is 5.44. The van der Waals surface area contributed by atoms with E-state index in [0.29, 0.717) is 23.9 Å². The van der Waals surface area contributed by atoms with Gasteiger partial charge < -0.3 is 9.47 Å². The Kier molecular flexibility index (Phi) is 6.51. The number of hydrogen-bond donors (Lipinski definition) is 0. The molecule has 0 radical (unpaired) electrons. The molecule has 0 unspecified atom stereocenters. The summed E-state index contributed by atoms with van der Waals surface area (Å²) in [6.45, 7) is 3.73. The largest absolute Gasteiger partial charge is 0.352 e. The molecule has 5 nitrogen and oxygen atoms in total. The van der Waals surface area contributed by atoms with Gasteiger partial charge in [0.25, 0.3) is 0 Å². The number of sulfonamides is 1. The van der Waals surface area contributed by atoms with Gasteiger partial charge in [0.2, 0.25) is 10.0 Å². The van der Waals surface area contributed by atoms with Crippen molar-refractivity contribution < 1.29 is 8.42 Å². The number of aromatic nitrogens is 1. The molecule has 0 amide bonds. The minimum Gasteiger partial charge on any atom is -0.352 e. The van der Waals surface area contributed by atoms with Crippen molar-refractivity contribution in [2.24, 2.45) is 7.05 Å². The summed E-state index contributed by atoms with van der Waals surface area (Å²) in [7, 11) is 2.34. The fourth-order valence-corrected chi connectivity index (χ4v) is 3.86. The first kappa shape index (κ1) is 17.5. The zero-order valence-corrected chi connectivity index (χ0v) is 14.2. The normalized spacial score (nSPS) is 12.6. The monoisotopic (exact) mass is 321 g/mol. The fraction of sp³-hybridized carbons (Fsp3) is 0.692. The molecule has 0 N–H and O–H groups in total. The average Bonchev–Trinajstić information content (AvgIpc) is 2.76. The molecule has 116 valence electrons. The Balaban J connectivity index is 2.88. The summed E-state index contributed by atoms with van der Waals surface area (Å²) in [5, 5.41) is 0. The van der Waals surface area contributed by atoms with Gasteiger partial charge in [-0.15, -0.1) is 11.6 Å². The van der Waals surface area contributed by atoms with Crippen molar-refractivity contribution in [2.45, 2.75) is 24.1 Å². The Morgan fingerprint density at radius 1 is 1.30 bits per heavy atom. The molecule has 20 heavy (non-hydrogen) atoms. The Bertz CT molecular complexity index is 526. The Hall–Kier alpha value is -0.560. The predicted molar refractivity (Wildman–Crippen MR) is 82.6 cm³/mol. The van der Waals surface area contributed by atoms with Crippen LogP contribution in [-0.2, 0) is 23.0 Å². The summed E-state index contributed by atoms with van der Waals surface area (Å²) in [4.78, 5) is 2.37. The van der Waals surface area contributed by atoms with Crippen molar-refractivity contribution >= 4 is 21.6 Å². The molecule has 1 heterocycles. The molecule has 0 spiro atoms. The van der Waals surface area contributed by atoms with Crippen LogP contribution in [0.3, 0.4) is 0 Å². The molecule has 0 aliphatic heterocycles. The lowest BCUT2D eigenvalue weighted by molar-refractivity contribution is 0.356. The van der Waals surface area contributed by atoms with E-state index in [0.717, 1.165) is 18.7 Å². The topological polar surface area (TPSA) is 45.6 Å². The minimum atomic E-state index is -3.43. The van der Waals surface area contributed by atoms with Crippen molar-refractivity contribution in [1.29, 1.82) is 0 Å². The Labute approximate surface area is 127 Å². The molecule has 0 saturated carbocycles. The lowest BCUT2D eigenvalue weighted by atomic mass is 10.4. The van der Waals surface area contributed by atoms with E-state index in [1.807, 2.05) is 21.0 Å². The minimum absolute atomic E-state index is 0.304. The summed E-state index contributed by atoms with van der Waals surface area (Å²) in [6, 6.07) is 1.65. The van der Waals surface area contributed by atoms with E-state index in [4.69, 9.17) is 11.6 Å². The zero-order valence-electron chi connectivity index (χ0n) is 12.6. The first-order valence-electron chi connectivity index (χ1n) is 6.69. The zero-order chi connectivity index (χ0) is 15.3. The number of nitrogens with zero attached hydrogens (tertiary/aromatic N) is 3. The molecule has 7 heteroatoms. The van der Waals surface area contributed by atoms with Crippen molar-refractivity contribution in [3.63, 3.8) is 0 Å². The molecule has 0 aliphatic carbocycles. The lowest BCUT2D eigenvalue weighted by Gasteiger charge is -2.20. The van der Waals surface area contributed by atoms with Crippen LogP contribution in [0.5, 0.6) is 0 Å². The SMILES string of the molecule is CCN(CCCN(C)C)S(=O)(=O)c1cc(CCl)n(C)c1. The van der Waals surface area contributed by atoms with E-state index in [1.165, 1.54) is 4.31 Å². The van der Waals surface area contributed by atoms with Crippen molar-refractivity contribution in [1.82, 2.24) is 13.8 Å². The highest BCUT2D eigenvalue weighted by atomic mass is 35.5. The third-order valence-electron chi connectivity index (χ3n) is 3.22. The van der Waals surface area contributed by atoms with Crippen molar-refractivity contribution in [3.05, 3.63) is 18.0 Å². The van der Waals surface area contributed by atoms with Gasteiger partial charge >= 0.3 is 0 Å². The Morgan fingerprint density at radius 3 is 2.40 bits per heavy atom. The maximum absolute atomic E-state index is 12.6. The number of hydrogen-bond acceptors (Lipinski definition) is 3. The summed E-state index contributed by atoms with van der Waals surface area (Å²) >= 11 is 5.79. The summed E-state index contributed by atoms with van der Waals surface area (Å²) in [5.74, 6) is 0.304. The van der Waals surface area contributed by atoms with Crippen LogP contribution in [0.25, 0.3) is 0 Å². The molecule has 0 atom stereocenters. The van der Waals surface area contributed by atoms with Crippen LogP contribution >= 0.6 is 11.6 Å². The van der Waals surface area contributed by atoms with Gasteiger partial charge in [-0.25, -0.2) is 8.42 Å². The highest BCUT2D eigenvalue weighted by molar-refractivity contribution is 7.89. The van der Waals surface area contributed by atoms with Gasteiger partial charge in [0.05, 0.1) is 5.88 Å². The number of halogens is 1. The van der Waals surface area contributed by atoms with E-state index in [-0.39, 0.29) is 0 Å². The second-order valence-electron chi connectivity index (χ2n) is 5.07. The van der Waals surface area contributed by atoms with Gasteiger partial charge in [-0.3, -0.25) is 0 Å². The number of alkyl halides is 1. The molecule has 1 aromatic rings. The molecule has 1 aromatic heterocycles. The smallest absolute Gasteiger partial charge is 0.244 e. The first-order chi connectivity index (χ1) is 9.32. The molecule has 0 fully saturated rings. The van der Waals surface area contributed by atoms with Crippen LogP contribution in [0.4, 0.5) is 0 Å². The summed E-state index contributed by atoms with van der Waals surface area (Å²) < 4.78 is 28.4. The quantitative estimate of drug-likeness (QED) is 0.685. The van der Waals surface area contributed by atoms with Crippen LogP contribution < -0.4 is 0 Å². The van der Waals surface area contributed by atoms with Crippen LogP contribution in [0.1, 0.15) is 19.0 Å². The molecular weight excluding hydrogens is 298 g/mol. The van der Waals surface area contributed by atoms with E-state index in [2.05, 4.69) is 4.90 Å².